The molecule has 3 heterocycles. The van der Waals surface area contributed by atoms with E-state index >= 15 is 0 Å². The van der Waals surface area contributed by atoms with Crippen LogP contribution < -0.4 is 10.2 Å². The number of piperazine rings is 1. The molecule has 7 nitrogen and oxygen atoms in total. The van der Waals surface area contributed by atoms with E-state index in [1.165, 1.54) is 5.69 Å². The monoisotopic (exact) mass is 390 g/mol. The van der Waals surface area contributed by atoms with Gasteiger partial charge in [-0.2, -0.15) is 0 Å². The Balaban J connectivity index is 1.28. The Hall–Kier alpha value is -3.19. The van der Waals surface area contributed by atoms with Gasteiger partial charge in [-0.3, -0.25) is 14.7 Å². The van der Waals surface area contributed by atoms with Gasteiger partial charge in [-0.15, -0.1) is 0 Å². The van der Waals surface area contributed by atoms with Gasteiger partial charge in [-0.05, 0) is 50.2 Å². The smallest absolute Gasteiger partial charge is 0.238 e. The van der Waals surface area contributed by atoms with Crippen molar-refractivity contribution in [2.45, 2.75) is 13.8 Å². The summed E-state index contributed by atoms with van der Waals surface area (Å²) in [7, 11) is 0. The minimum Gasteiger partial charge on any atom is -0.369 e. The van der Waals surface area contributed by atoms with E-state index in [0.717, 1.165) is 48.9 Å². The summed E-state index contributed by atoms with van der Waals surface area (Å²) in [5.41, 5.74) is 5.17. The van der Waals surface area contributed by atoms with Crippen molar-refractivity contribution in [3.05, 3.63) is 66.5 Å². The molecule has 0 unspecified atom stereocenters. The second kappa shape index (κ2) is 8.45. The quantitative estimate of drug-likeness (QED) is 0.726. The largest absolute Gasteiger partial charge is 0.369 e. The molecule has 1 amide bonds. The van der Waals surface area contributed by atoms with Crippen molar-refractivity contribution in [2.75, 3.05) is 42.9 Å². The average Bonchev–Trinajstić information content (AvgIpc) is 3.08. The molecule has 0 spiro atoms. The highest BCUT2D eigenvalue weighted by Crippen LogP contribution is 2.17. The topological polar surface area (TPSA) is 66.3 Å². The number of amides is 1. The molecule has 0 atom stereocenters. The molecule has 4 rings (SSSR count). The second-order valence-corrected chi connectivity index (χ2v) is 7.35. The summed E-state index contributed by atoms with van der Waals surface area (Å²) in [6.07, 6.45) is 5.45. The van der Waals surface area contributed by atoms with Crippen molar-refractivity contribution in [1.29, 1.82) is 0 Å². The van der Waals surface area contributed by atoms with E-state index in [4.69, 9.17) is 0 Å². The molecule has 0 bridgehead atoms. The molecular weight excluding hydrogens is 364 g/mol. The lowest BCUT2D eigenvalue weighted by molar-refractivity contribution is -0.117. The molecule has 0 aliphatic carbocycles. The summed E-state index contributed by atoms with van der Waals surface area (Å²) in [6.45, 7) is 8.02. The van der Waals surface area contributed by atoms with Gasteiger partial charge in [-0.25, -0.2) is 4.98 Å². The molecule has 1 fully saturated rings. The molecule has 1 saturated heterocycles. The van der Waals surface area contributed by atoms with E-state index < -0.39 is 0 Å². The molecule has 1 aliphatic heterocycles. The zero-order valence-corrected chi connectivity index (χ0v) is 16.9. The van der Waals surface area contributed by atoms with Gasteiger partial charge in [0.15, 0.2) is 0 Å². The van der Waals surface area contributed by atoms with Crippen LogP contribution in [-0.2, 0) is 4.79 Å². The van der Waals surface area contributed by atoms with Gasteiger partial charge in [0.25, 0.3) is 0 Å². The highest BCUT2D eigenvalue weighted by atomic mass is 16.2. The number of aryl methyl sites for hydroxylation is 1. The first-order chi connectivity index (χ1) is 14.1. The minimum absolute atomic E-state index is 0.0183. The number of imidazole rings is 1. The Morgan fingerprint density at radius 2 is 1.66 bits per heavy atom. The maximum absolute atomic E-state index is 12.5. The molecule has 0 radical (unpaired) electrons. The van der Waals surface area contributed by atoms with Crippen LogP contribution in [0.4, 0.5) is 11.4 Å². The van der Waals surface area contributed by atoms with Gasteiger partial charge in [0.05, 0.1) is 18.6 Å². The first-order valence-electron chi connectivity index (χ1n) is 9.88. The van der Waals surface area contributed by atoms with Crippen molar-refractivity contribution < 1.29 is 4.79 Å². The zero-order chi connectivity index (χ0) is 20.2. The first-order valence-corrected chi connectivity index (χ1v) is 9.88. The Labute approximate surface area is 171 Å². The Bertz CT molecular complexity index is 959. The average molecular weight is 390 g/mol. The fourth-order valence-corrected chi connectivity index (χ4v) is 3.59. The van der Waals surface area contributed by atoms with Crippen molar-refractivity contribution in [2.24, 2.45) is 0 Å². The third-order valence-corrected chi connectivity index (χ3v) is 5.45. The minimum atomic E-state index is 0.0183. The molecule has 2 aromatic heterocycles. The van der Waals surface area contributed by atoms with E-state index in [-0.39, 0.29) is 5.91 Å². The number of pyridine rings is 1. The fraction of sp³-hybridized carbons (Fsp3) is 0.318. The molecule has 1 N–H and O–H groups in total. The number of hydrogen-bond acceptors (Lipinski definition) is 5. The lowest BCUT2D eigenvalue weighted by atomic mass is 10.2. The Morgan fingerprint density at radius 1 is 0.966 bits per heavy atom. The highest BCUT2D eigenvalue weighted by molar-refractivity contribution is 5.92. The van der Waals surface area contributed by atoms with Crippen LogP contribution in [0.15, 0.2) is 55.1 Å². The molecule has 3 aromatic rings. The van der Waals surface area contributed by atoms with Crippen LogP contribution in [0.2, 0.25) is 0 Å². The number of carbonyl (C=O) groups excluding carboxylic acids is 1. The van der Waals surface area contributed by atoms with Crippen molar-refractivity contribution in [3.8, 4) is 5.69 Å². The summed E-state index contributed by atoms with van der Waals surface area (Å²) in [6, 6.07) is 11.9. The van der Waals surface area contributed by atoms with Crippen LogP contribution in [0.1, 0.15) is 11.4 Å². The van der Waals surface area contributed by atoms with Crippen LogP contribution in [0.5, 0.6) is 0 Å². The number of benzene rings is 1. The van der Waals surface area contributed by atoms with Gasteiger partial charge in [-0.1, -0.05) is 0 Å². The molecule has 1 aliphatic rings. The molecular formula is C22H26N6O. The summed E-state index contributed by atoms with van der Waals surface area (Å²) < 4.78 is 2.04. The van der Waals surface area contributed by atoms with E-state index in [1.54, 1.807) is 0 Å². The number of hydrogen-bond donors (Lipinski definition) is 1. The molecule has 1 aromatic carbocycles. The van der Waals surface area contributed by atoms with Gasteiger partial charge in [0.2, 0.25) is 5.91 Å². The van der Waals surface area contributed by atoms with Gasteiger partial charge < -0.3 is 14.8 Å². The number of anilines is 2. The Morgan fingerprint density at radius 3 is 2.28 bits per heavy atom. The van der Waals surface area contributed by atoms with Gasteiger partial charge in [0, 0.05) is 61.3 Å². The third kappa shape index (κ3) is 4.46. The van der Waals surface area contributed by atoms with E-state index in [2.05, 4.69) is 25.1 Å². The summed E-state index contributed by atoms with van der Waals surface area (Å²) in [5, 5.41) is 3.00. The number of rotatable bonds is 5. The SMILES string of the molecule is Cc1ncn(-c2ccc(NC(=O)CN3CCN(c4ccncc4)CC3)cc2)c1C. The van der Waals surface area contributed by atoms with Crippen molar-refractivity contribution in [3.63, 3.8) is 0 Å². The number of carbonyl (C=O) groups is 1. The summed E-state index contributed by atoms with van der Waals surface area (Å²) >= 11 is 0. The number of nitrogens with zero attached hydrogens (tertiary/aromatic N) is 5. The standard InChI is InChI=1S/C22H26N6O/c1-17-18(2)28(16-24-17)21-5-3-19(4-6-21)25-22(29)15-26-11-13-27(14-12-26)20-7-9-23-10-8-20/h3-10,16H,11-15H2,1-2H3,(H,25,29). The van der Waals surface area contributed by atoms with Crippen molar-refractivity contribution >= 4 is 17.3 Å². The van der Waals surface area contributed by atoms with E-state index in [0.29, 0.717) is 6.54 Å². The fourth-order valence-electron chi connectivity index (χ4n) is 3.59. The van der Waals surface area contributed by atoms with Crippen molar-refractivity contribution in [1.82, 2.24) is 19.4 Å². The normalized spacial score (nSPS) is 14.8. The third-order valence-electron chi connectivity index (χ3n) is 5.45. The van der Waals surface area contributed by atoms with E-state index in [9.17, 15) is 4.79 Å². The predicted octanol–water partition coefficient (Wildman–Crippen LogP) is 2.64. The van der Waals surface area contributed by atoms with Gasteiger partial charge in [0.1, 0.15) is 0 Å². The highest BCUT2D eigenvalue weighted by Gasteiger charge is 2.19. The van der Waals surface area contributed by atoms with Crippen LogP contribution >= 0.6 is 0 Å². The van der Waals surface area contributed by atoms with Crippen LogP contribution in [0.3, 0.4) is 0 Å². The summed E-state index contributed by atoms with van der Waals surface area (Å²) in [4.78, 5) is 25.4. The van der Waals surface area contributed by atoms with Crippen LogP contribution in [-0.4, -0.2) is 58.1 Å². The maximum atomic E-state index is 12.5. The molecule has 0 saturated carbocycles. The predicted molar refractivity (Wildman–Crippen MR) is 115 cm³/mol. The number of nitrogens with one attached hydrogen (secondary N) is 1. The van der Waals surface area contributed by atoms with Gasteiger partial charge >= 0.3 is 0 Å². The summed E-state index contributed by atoms with van der Waals surface area (Å²) in [5.74, 6) is 0.0183. The van der Waals surface area contributed by atoms with Crippen LogP contribution in [0, 0.1) is 13.8 Å². The first kappa shape index (κ1) is 19.1. The zero-order valence-electron chi connectivity index (χ0n) is 16.9. The molecule has 29 heavy (non-hydrogen) atoms. The second-order valence-electron chi connectivity index (χ2n) is 7.35. The maximum Gasteiger partial charge on any atom is 0.238 e. The van der Waals surface area contributed by atoms with Crippen LogP contribution in [0.25, 0.3) is 5.69 Å². The molecule has 150 valence electrons. The lowest BCUT2D eigenvalue weighted by Gasteiger charge is -2.35. The van der Waals surface area contributed by atoms with E-state index in [1.807, 2.05) is 73.5 Å². The molecule has 7 heteroatoms. The lowest BCUT2D eigenvalue weighted by Crippen LogP contribution is -2.48. The Kier molecular flexibility index (Phi) is 5.57. The number of aromatic nitrogens is 3.